The van der Waals surface area contributed by atoms with Crippen LogP contribution in [0.25, 0.3) is 0 Å². The van der Waals surface area contributed by atoms with Crippen LogP contribution in [-0.2, 0) is 10.5 Å². The maximum atomic E-state index is 13.6. The van der Waals surface area contributed by atoms with Crippen molar-refractivity contribution in [3.63, 3.8) is 0 Å². The molecule has 7 nitrogen and oxygen atoms in total. The van der Waals surface area contributed by atoms with Crippen molar-refractivity contribution in [2.45, 2.75) is 30.8 Å². The largest absolute Gasteiger partial charge is 0.497 e. The van der Waals surface area contributed by atoms with Crippen LogP contribution in [0.4, 0.5) is 11.6 Å². The monoisotopic (exact) mass is 531 g/mol. The van der Waals surface area contributed by atoms with E-state index in [1.54, 1.807) is 11.8 Å². The number of thioether (sulfide) groups is 1. The van der Waals surface area contributed by atoms with Crippen LogP contribution in [0.2, 0.25) is 5.02 Å². The molecule has 1 aromatic heterocycles. The molecule has 0 radical (unpaired) electrons. The van der Waals surface area contributed by atoms with E-state index in [0.717, 1.165) is 28.1 Å². The third-order valence-corrected chi connectivity index (χ3v) is 7.26. The summed E-state index contributed by atoms with van der Waals surface area (Å²) >= 11 is 7.55. The van der Waals surface area contributed by atoms with Gasteiger partial charge in [-0.05, 0) is 61.4 Å². The molecule has 0 spiro atoms. The number of nitrogens with zero attached hydrogens (tertiary/aromatic N) is 3. The Morgan fingerprint density at radius 1 is 1.05 bits per heavy atom. The average Bonchev–Trinajstić information content (AvgIpc) is 3.31. The fourth-order valence-electron chi connectivity index (χ4n) is 4.14. The Kier molecular flexibility index (Phi) is 7.21. The number of aromatic nitrogens is 3. The normalized spacial score (nSPS) is 14.6. The summed E-state index contributed by atoms with van der Waals surface area (Å²) in [4.78, 5) is 18.3. The number of ether oxygens (including phenoxy) is 1. The van der Waals surface area contributed by atoms with Gasteiger partial charge in [0, 0.05) is 22.2 Å². The molecule has 1 aliphatic heterocycles. The van der Waals surface area contributed by atoms with Crippen LogP contribution in [0.15, 0.2) is 89.2 Å². The van der Waals surface area contributed by atoms with Crippen molar-refractivity contribution in [1.29, 1.82) is 0 Å². The van der Waals surface area contributed by atoms with Gasteiger partial charge in [0.25, 0.3) is 5.91 Å². The fourth-order valence-corrected chi connectivity index (χ4v) is 5.06. The lowest BCUT2D eigenvalue weighted by Crippen LogP contribution is -2.31. The van der Waals surface area contributed by atoms with Gasteiger partial charge in [-0.15, -0.1) is 5.10 Å². The zero-order chi connectivity index (χ0) is 25.9. The lowest BCUT2D eigenvalue weighted by molar-refractivity contribution is -0.113. The van der Waals surface area contributed by atoms with Crippen LogP contribution >= 0.6 is 23.4 Å². The third-order valence-electron chi connectivity index (χ3n) is 6.10. The lowest BCUT2D eigenvalue weighted by Gasteiger charge is -2.28. The summed E-state index contributed by atoms with van der Waals surface area (Å²) < 4.78 is 7.02. The number of carbonyl (C=O) groups is 1. The minimum Gasteiger partial charge on any atom is -0.497 e. The molecule has 1 amide bonds. The van der Waals surface area contributed by atoms with Crippen LogP contribution in [0, 0.1) is 6.92 Å². The summed E-state index contributed by atoms with van der Waals surface area (Å²) in [6.07, 6.45) is 0. The van der Waals surface area contributed by atoms with Crippen molar-refractivity contribution in [3.05, 3.63) is 106 Å². The van der Waals surface area contributed by atoms with E-state index in [2.05, 4.69) is 10.6 Å². The van der Waals surface area contributed by atoms with Gasteiger partial charge in [-0.25, -0.2) is 4.68 Å². The highest BCUT2D eigenvalue weighted by Gasteiger charge is 2.34. The number of nitrogens with one attached hydrogen (secondary N) is 2. The molecule has 1 aliphatic rings. The highest BCUT2D eigenvalue weighted by molar-refractivity contribution is 7.98. The minimum absolute atomic E-state index is 0.211. The fraction of sp³-hybridized carbons (Fsp3) is 0.179. The van der Waals surface area contributed by atoms with Crippen LogP contribution in [0.1, 0.15) is 29.7 Å². The molecule has 37 heavy (non-hydrogen) atoms. The SMILES string of the molecule is COc1ccc(NC(=O)C2=C(C)Nc3nc(SCc4ccc(Cl)cc4)nn3[C@H]2c2ccc(C)cc2)cc1. The van der Waals surface area contributed by atoms with Gasteiger partial charge in [0.05, 0.1) is 12.7 Å². The Bertz CT molecular complexity index is 1450. The van der Waals surface area contributed by atoms with Crippen LogP contribution < -0.4 is 15.4 Å². The second-order valence-electron chi connectivity index (χ2n) is 8.74. The van der Waals surface area contributed by atoms with Gasteiger partial charge in [-0.2, -0.15) is 4.98 Å². The summed E-state index contributed by atoms with van der Waals surface area (Å²) in [6, 6.07) is 22.7. The molecule has 188 valence electrons. The molecule has 0 bridgehead atoms. The van der Waals surface area contributed by atoms with E-state index in [9.17, 15) is 4.79 Å². The molecular formula is C28H26ClN5O2S. The second kappa shape index (κ2) is 10.7. The number of benzene rings is 3. The first kappa shape index (κ1) is 24.9. The molecule has 2 N–H and O–H groups in total. The van der Waals surface area contributed by atoms with Gasteiger partial charge < -0.3 is 15.4 Å². The van der Waals surface area contributed by atoms with E-state index in [1.807, 2.05) is 86.6 Å². The van der Waals surface area contributed by atoms with Crippen molar-refractivity contribution in [3.8, 4) is 5.75 Å². The first-order chi connectivity index (χ1) is 17.9. The summed E-state index contributed by atoms with van der Waals surface area (Å²) in [5, 5.41) is 12.5. The molecule has 5 rings (SSSR count). The Morgan fingerprint density at radius 3 is 2.43 bits per heavy atom. The molecule has 0 fully saturated rings. The van der Waals surface area contributed by atoms with Crippen LogP contribution in [0.3, 0.4) is 0 Å². The molecule has 2 heterocycles. The standard InChI is InChI=1S/C28H26ClN5O2S/c1-17-4-8-20(9-5-17)25-24(26(35)31-22-12-14-23(36-3)15-13-22)18(2)30-27-32-28(33-34(25)27)37-16-19-6-10-21(29)11-7-19/h4-15,25H,16H2,1-3H3,(H,31,35)(H,30,32,33)/t25-/m0/s1. The van der Waals surface area contributed by atoms with E-state index in [1.165, 1.54) is 11.8 Å². The predicted octanol–water partition coefficient (Wildman–Crippen LogP) is 6.47. The average molecular weight is 532 g/mol. The number of hydrogen-bond donors (Lipinski definition) is 2. The van der Waals surface area contributed by atoms with E-state index in [4.69, 9.17) is 26.4 Å². The maximum absolute atomic E-state index is 13.6. The number of anilines is 2. The Hall–Kier alpha value is -3.75. The van der Waals surface area contributed by atoms with Gasteiger partial charge in [-0.1, -0.05) is 65.3 Å². The molecule has 3 aromatic carbocycles. The second-order valence-corrected chi connectivity index (χ2v) is 10.1. The highest BCUT2D eigenvalue weighted by atomic mass is 35.5. The number of carbonyl (C=O) groups excluding carboxylic acids is 1. The summed E-state index contributed by atoms with van der Waals surface area (Å²) in [5.41, 5.74) is 5.20. The van der Waals surface area contributed by atoms with Gasteiger partial charge in [-0.3, -0.25) is 4.79 Å². The molecule has 0 unspecified atom stereocenters. The molecule has 0 saturated heterocycles. The van der Waals surface area contributed by atoms with E-state index in [-0.39, 0.29) is 5.91 Å². The molecule has 9 heteroatoms. The van der Waals surface area contributed by atoms with Crippen LogP contribution in [0.5, 0.6) is 5.75 Å². The van der Waals surface area contributed by atoms with E-state index >= 15 is 0 Å². The van der Waals surface area contributed by atoms with Crippen molar-refractivity contribution in [2.75, 3.05) is 17.7 Å². The van der Waals surface area contributed by atoms with Gasteiger partial charge in [0.15, 0.2) is 0 Å². The number of fused-ring (bicyclic) bond motifs is 1. The number of halogens is 1. The first-order valence-electron chi connectivity index (χ1n) is 11.7. The summed E-state index contributed by atoms with van der Waals surface area (Å²) in [6.45, 7) is 3.93. The highest BCUT2D eigenvalue weighted by Crippen LogP contribution is 2.37. The summed E-state index contributed by atoms with van der Waals surface area (Å²) in [5.74, 6) is 1.81. The Labute approximate surface area is 224 Å². The van der Waals surface area contributed by atoms with Gasteiger partial charge in [0.1, 0.15) is 11.8 Å². The Morgan fingerprint density at radius 2 is 1.76 bits per heavy atom. The molecule has 1 atom stereocenters. The lowest BCUT2D eigenvalue weighted by atomic mass is 9.94. The number of rotatable bonds is 7. The summed E-state index contributed by atoms with van der Waals surface area (Å²) in [7, 11) is 1.61. The zero-order valence-electron chi connectivity index (χ0n) is 20.7. The van der Waals surface area contributed by atoms with Crippen molar-refractivity contribution < 1.29 is 9.53 Å². The van der Waals surface area contributed by atoms with Gasteiger partial charge in [0.2, 0.25) is 11.1 Å². The molecule has 4 aromatic rings. The Balaban J connectivity index is 1.46. The van der Waals surface area contributed by atoms with Crippen molar-refractivity contribution >= 4 is 40.9 Å². The predicted molar refractivity (Wildman–Crippen MR) is 148 cm³/mol. The zero-order valence-corrected chi connectivity index (χ0v) is 22.2. The topological polar surface area (TPSA) is 81.1 Å². The minimum atomic E-state index is -0.438. The van der Waals surface area contributed by atoms with E-state index in [0.29, 0.717) is 33.1 Å². The smallest absolute Gasteiger partial charge is 0.255 e. The quantitative estimate of drug-likeness (QED) is 0.266. The van der Waals surface area contributed by atoms with Crippen molar-refractivity contribution in [2.24, 2.45) is 0 Å². The van der Waals surface area contributed by atoms with E-state index < -0.39 is 6.04 Å². The molecular weight excluding hydrogens is 506 g/mol. The van der Waals surface area contributed by atoms with Crippen molar-refractivity contribution in [1.82, 2.24) is 14.8 Å². The molecule has 0 saturated carbocycles. The van der Waals surface area contributed by atoms with Gasteiger partial charge >= 0.3 is 0 Å². The number of hydrogen-bond acceptors (Lipinski definition) is 6. The number of amides is 1. The first-order valence-corrected chi connectivity index (χ1v) is 13.1. The maximum Gasteiger partial charge on any atom is 0.255 e. The number of aryl methyl sites for hydroxylation is 1. The van der Waals surface area contributed by atoms with Crippen LogP contribution in [-0.4, -0.2) is 27.8 Å². The third kappa shape index (κ3) is 5.50. The number of allylic oxidation sites excluding steroid dienone is 1. The molecule has 0 aliphatic carbocycles. The number of methoxy groups -OCH3 is 1.